The van der Waals surface area contributed by atoms with Gasteiger partial charge in [0.15, 0.2) is 0 Å². The summed E-state index contributed by atoms with van der Waals surface area (Å²) in [4.78, 5) is 11.1. The molecule has 1 spiro atoms. The third-order valence-corrected chi connectivity index (χ3v) is 4.70. The quantitative estimate of drug-likeness (QED) is 0.751. The summed E-state index contributed by atoms with van der Waals surface area (Å²) in [5.41, 5.74) is -2.82. The van der Waals surface area contributed by atoms with Gasteiger partial charge in [-0.3, -0.25) is 4.79 Å². The number of hydrogen-bond donors (Lipinski definition) is 2. The molecule has 1 atom stereocenters. The number of esters is 1. The molecule has 2 heterocycles. The molecule has 2 aliphatic rings. The van der Waals surface area contributed by atoms with Crippen molar-refractivity contribution in [2.45, 2.75) is 76.7 Å². The predicted molar refractivity (Wildman–Crippen MR) is 78.4 cm³/mol. The maximum atomic E-state index is 11.1. The van der Waals surface area contributed by atoms with Crippen molar-refractivity contribution in [3.05, 3.63) is 0 Å². The number of rotatable bonds is 2. The second-order valence-electron chi connectivity index (χ2n) is 8.11. The second-order valence-corrected chi connectivity index (χ2v) is 8.11. The maximum absolute atomic E-state index is 11.1. The molecule has 2 saturated heterocycles. The molecule has 0 aromatic carbocycles. The Hall–Kier alpha value is -0.730. The lowest BCUT2D eigenvalue weighted by Crippen LogP contribution is -2.68. The van der Waals surface area contributed by atoms with E-state index in [-0.39, 0.29) is 19.2 Å². The highest BCUT2D eigenvalue weighted by atomic mass is 16.6. The van der Waals surface area contributed by atoms with E-state index in [2.05, 4.69) is 0 Å². The summed E-state index contributed by atoms with van der Waals surface area (Å²) in [6, 6.07) is 0. The summed E-state index contributed by atoms with van der Waals surface area (Å²) >= 11 is 0. The molecule has 2 aliphatic heterocycles. The molecule has 7 heteroatoms. The molecular formula is C15H28N2O5. The van der Waals surface area contributed by atoms with Crippen LogP contribution in [0.1, 0.15) is 54.4 Å². The van der Waals surface area contributed by atoms with Gasteiger partial charge < -0.3 is 19.9 Å². The first kappa shape index (κ1) is 17.6. The Kier molecular flexibility index (Phi) is 4.12. The molecule has 0 aliphatic carbocycles. The van der Waals surface area contributed by atoms with Crippen LogP contribution in [0.4, 0.5) is 0 Å². The molecule has 0 aromatic rings. The van der Waals surface area contributed by atoms with Crippen molar-refractivity contribution in [1.82, 2.24) is 10.1 Å². The zero-order chi connectivity index (χ0) is 17.0. The van der Waals surface area contributed by atoms with Crippen molar-refractivity contribution in [2.24, 2.45) is 0 Å². The Morgan fingerprint density at radius 1 is 1.09 bits per heavy atom. The van der Waals surface area contributed by atoms with Crippen LogP contribution in [0, 0.1) is 0 Å². The first-order chi connectivity index (χ1) is 9.85. The predicted octanol–water partition coefficient (Wildman–Crippen LogP) is 1.77. The van der Waals surface area contributed by atoms with Crippen LogP contribution in [0.2, 0.25) is 0 Å². The van der Waals surface area contributed by atoms with E-state index < -0.39 is 22.3 Å². The third kappa shape index (κ3) is 2.76. The van der Waals surface area contributed by atoms with Gasteiger partial charge in [0.25, 0.3) is 0 Å². The van der Waals surface area contributed by atoms with E-state index in [4.69, 9.17) is 9.47 Å². The number of piperidine rings is 1. The Labute approximate surface area is 131 Å². The Morgan fingerprint density at radius 3 is 2.05 bits per heavy atom. The van der Waals surface area contributed by atoms with Gasteiger partial charge in [-0.05, 0) is 34.6 Å². The molecule has 2 fully saturated rings. The van der Waals surface area contributed by atoms with Crippen molar-refractivity contribution in [1.29, 1.82) is 0 Å². The molecule has 2 N–H and O–H groups in total. The highest BCUT2D eigenvalue weighted by Crippen LogP contribution is 2.50. The molecule has 0 saturated carbocycles. The normalized spacial score (nSPS) is 34.0. The number of hydroxylamine groups is 4. The Balaban J connectivity index is 2.27. The summed E-state index contributed by atoms with van der Waals surface area (Å²) in [6.07, 6.45) is 0.873. The van der Waals surface area contributed by atoms with Crippen molar-refractivity contribution in [3.8, 4) is 0 Å². The van der Waals surface area contributed by atoms with Crippen LogP contribution in [0.3, 0.4) is 0 Å². The Morgan fingerprint density at radius 2 is 1.59 bits per heavy atom. The lowest BCUT2D eigenvalue weighted by Gasteiger charge is -2.56. The van der Waals surface area contributed by atoms with Crippen LogP contribution in [0.25, 0.3) is 0 Å². The van der Waals surface area contributed by atoms with E-state index in [9.17, 15) is 15.2 Å². The Bertz CT molecular complexity index is 447. The van der Waals surface area contributed by atoms with Crippen LogP contribution >= 0.6 is 0 Å². The van der Waals surface area contributed by atoms with Gasteiger partial charge in [0.05, 0.1) is 6.61 Å². The van der Waals surface area contributed by atoms with E-state index >= 15 is 0 Å². The van der Waals surface area contributed by atoms with Crippen molar-refractivity contribution >= 4 is 5.97 Å². The van der Waals surface area contributed by atoms with Crippen molar-refractivity contribution in [2.75, 3.05) is 13.2 Å². The minimum absolute atomic E-state index is 0.0598. The highest BCUT2D eigenvalue weighted by Gasteiger charge is 2.62. The summed E-state index contributed by atoms with van der Waals surface area (Å²) in [6.45, 7) is 11.1. The van der Waals surface area contributed by atoms with Gasteiger partial charge in [0.1, 0.15) is 17.9 Å². The number of ether oxygens (including phenoxy) is 2. The molecule has 128 valence electrons. The summed E-state index contributed by atoms with van der Waals surface area (Å²) in [7, 11) is 0. The fraction of sp³-hybridized carbons (Fsp3) is 0.933. The largest absolute Gasteiger partial charge is 0.464 e. The summed E-state index contributed by atoms with van der Waals surface area (Å²) < 4.78 is 11.1. The zero-order valence-corrected chi connectivity index (χ0v) is 14.3. The number of hydrogen-bond acceptors (Lipinski definition) is 7. The van der Waals surface area contributed by atoms with Crippen molar-refractivity contribution in [3.63, 3.8) is 0 Å². The first-order valence-corrected chi connectivity index (χ1v) is 7.61. The van der Waals surface area contributed by atoms with E-state index in [1.165, 1.54) is 17.1 Å². The molecule has 22 heavy (non-hydrogen) atoms. The van der Waals surface area contributed by atoms with Gasteiger partial charge in [0, 0.05) is 30.8 Å². The van der Waals surface area contributed by atoms with Gasteiger partial charge in [-0.1, -0.05) is 0 Å². The lowest BCUT2D eigenvalue weighted by molar-refractivity contribution is -0.337. The van der Waals surface area contributed by atoms with E-state index in [1.807, 2.05) is 27.7 Å². The minimum Gasteiger partial charge on any atom is -0.464 e. The zero-order valence-electron chi connectivity index (χ0n) is 14.3. The molecular weight excluding hydrogens is 288 g/mol. The molecule has 0 amide bonds. The van der Waals surface area contributed by atoms with Crippen LogP contribution in [-0.2, 0) is 14.3 Å². The molecule has 1 unspecified atom stereocenters. The third-order valence-electron chi connectivity index (χ3n) is 4.70. The maximum Gasteiger partial charge on any atom is 0.302 e. The topological polar surface area (TPSA) is 82.5 Å². The van der Waals surface area contributed by atoms with Crippen LogP contribution in [0.15, 0.2) is 0 Å². The number of carbonyl (C=O) groups excluding carboxylic acids is 1. The fourth-order valence-electron chi connectivity index (χ4n) is 3.90. The van der Waals surface area contributed by atoms with Crippen LogP contribution in [0.5, 0.6) is 0 Å². The summed E-state index contributed by atoms with van der Waals surface area (Å²) in [5.74, 6) is -0.388. The smallest absolute Gasteiger partial charge is 0.302 e. The highest BCUT2D eigenvalue weighted by molar-refractivity contribution is 5.65. The van der Waals surface area contributed by atoms with Crippen molar-refractivity contribution < 1.29 is 24.7 Å². The van der Waals surface area contributed by atoms with E-state index in [0.29, 0.717) is 12.8 Å². The average Bonchev–Trinajstić information content (AvgIpc) is 2.59. The fourth-order valence-corrected chi connectivity index (χ4v) is 3.90. The van der Waals surface area contributed by atoms with Gasteiger partial charge in [-0.15, -0.1) is 5.06 Å². The first-order valence-electron chi connectivity index (χ1n) is 7.61. The standard InChI is InChI=1S/C15H28N2O5/c1-11(18)21-9-14(6)10-22-15(17(14)20)7-12(2,3)16(19)13(4,5)8-15/h19-20H,7-10H2,1-6H3. The molecule has 0 radical (unpaired) electrons. The van der Waals surface area contributed by atoms with Gasteiger partial charge >= 0.3 is 5.97 Å². The van der Waals surface area contributed by atoms with Gasteiger partial charge in [-0.2, -0.15) is 5.06 Å². The molecule has 0 bridgehead atoms. The van der Waals surface area contributed by atoms with Gasteiger partial charge in [-0.25, -0.2) is 0 Å². The lowest BCUT2D eigenvalue weighted by atomic mass is 9.76. The molecule has 0 aromatic heterocycles. The number of carbonyl (C=O) groups is 1. The SMILES string of the molecule is CC(=O)OCC1(C)COC2(CC(C)(C)N(O)C(C)(C)C2)N1O. The minimum atomic E-state index is -0.902. The van der Waals surface area contributed by atoms with Crippen LogP contribution in [-0.4, -0.2) is 62.1 Å². The van der Waals surface area contributed by atoms with E-state index in [0.717, 1.165) is 0 Å². The molecule has 7 nitrogen and oxygen atoms in total. The summed E-state index contributed by atoms with van der Waals surface area (Å²) in [5, 5.41) is 23.7. The van der Waals surface area contributed by atoms with Crippen LogP contribution < -0.4 is 0 Å². The molecule has 2 rings (SSSR count). The van der Waals surface area contributed by atoms with E-state index in [1.54, 1.807) is 6.92 Å². The van der Waals surface area contributed by atoms with Gasteiger partial charge in [0.2, 0.25) is 0 Å². The monoisotopic (exact) mass is 316 g/mol. The average molecular weight is 316 g/mol. The number of nitrogens with zero attached hydrogens (tertiary/aromatic N) is 2. The second kappa shape index (κ2) is 5.14.